The standard InChI is InChI=1S/C20H19ClN2O3/c1-12-5-4-6-16(13(12)2)22-19(24)11-23(3)20(25)18-10-14-9-15(21)7-8-17(14)26-18/h4-10H,11H2,1-3H3,(H,22,24). The van der Waals surface area contributed by atoms with Crippen LogP contribution in [0.2, 0.25) is 5.02 Å². The van der Waals surface area contributed by atoms with Gasteiger partial charge in [0.15, 0.2) is 5.76 Å². The number of halogens is 1. The average molecular weight is 371 g/mol. The predicted octanol–water partition coefficient (Wildman–Crippen LogP) is 4.41. The highest BCUT2D eigenvalue weighted by Gasteiger charge is 2.19. The predicted molar refractivity (Wildman–Crippen MR) is 103 cm³/mol. The zero-order chi connectivity index (χ0) is 18.8. The van der Waals surface area contributed by atoms with Crippen LogP contribution in [0.25, 0.3) is 11.0 Å². The lowest BCUT2D eigenvalue weighted by molar-refractivity contribution is -0.116. The van der Waals surface area contributed by atoms with Gasteiger partial charge in [0.1, 0.15) is 5.58 Å². The van der Waals surface area contributed by atoms with Gasteiger partial charge >= 0.3 is 0 Å². The number of rotatable bonds is 4. The number of carbonyl (C=O) groups excluding carboxylic acids is 2. The van der Waals surface area contributed by atoms with E-state index in [4.69, 9.17) is 16.0 Å². The van der Waals surface area contributed by atoms with Gasteiger partial charge in [-0.2, -0.15) is 0 Å². The third-order valence-electron chi connectivity index (χ3n) is 4.30. The van der Waals surface area contributed by atoms with Crippen molar-refractivity contribution in [1.29, 1.82) is 0 Å². The molecule has 0 aliphatic rings. The summed E-state index contributed by atoms with van der Waals surface area (Å²) in [6.45, 7) is 3.85. The quantitative estimate of drug-likeness (QED) is 0.739. The number of carbonyl (C=O) groups is 2. The molecule has 0 spiro atoms. The Morgan fingerprint density at radius 1 is 1.15 bits per heavy atom. The van der Waals surface area contributed by atoms with E-state index < -0.39 is 0 Å². The van der Waals surface area contributed by atoms with Gasteiger partial charge in [-0.05, 0) is 55.3 Å². The minimum Gasteiger partial charge on any atom is -0.451 e. The number of nitrogens with one attached hydrogen (secondary N) is 1. The van der Waals surface area contributed by atoms with E-state index in [-0.39, 0.29) is 24.1 Å². The fourth-order valence-electron chi connectivity index (χ4n) is 2.67. The highest BCUT2D eigenvalue weighted by Crippen LogP contribution is 2.24. The maximum Gasteiger partial charge on any atom is 0.289 e. The maximum atomic E-state index is 12.5. The number of fused-ring (bicyclic) bond motifs is 1. The minimum absolute atomic E-state index is 0.0793. The first kappa shape index (κ1) is 18.0. The highest BCUT2D eigenvalue weighted by molar-refractivity contribution is 6.31. The van der Waals surface area contributed by atoms with Crippen molar-refractivity contribution < 1.29 is 14.0 Å². The van der Waals surface area contributed by atoms with Crippen molar-refractivity contribution in [3.8, 4) is 0 Å². The first-order valence-electron chi connectivity index (χ1n) is 8.16. The molecule has 0 fully saturated rings. The van der Waals surface area contributed by atoms with Gasteiger partial charge in [0.25, 0.3) is 5.91 Å². The number of nitrogens with zero attached hydrogens (tertiary/aromatic N) is 1. The van der Waals surface area contributed by atoms with Gasteiger partial charge in [0, 0.05) is 23.1 Å². The molecule has 26 heavy (non-hydrogen) atoms. The van der Waals surface area contributed by atoms with Gasteiger partial charge in [-0.25, -0.2) is 0 Å². The van der Waals surface area contributed by atoms with Crippen LogP contribution >= 0.6 is 11.6 Å². The van der Waals surface area contributed by atoms with Crippen molar-refractivity contribution in [3.05, 3.63) is 64.4 Å². The van der Waals surface area contributed by atoms with Gasteiger partial charge in [0.05, 0.1) is 6.54 Å². The molecule has 134 valence electrons. The summed E-state index contributed by atoms with van der Waals surface area (Å²) in [6.07, 6.45) is 0. The maximum absolute atomic E-state index is 12.5. The van der Waals surface area contributed by atoms with E-state index >= 15 is 0 Å². The van der Waals surface area contributed by atoms with E-state index in [1.807, 2.05) is 32.0 Å². The van der Waals surface area contributed by atoms with Crippen molar-refractivity contribution in [2.45, 2.75) is 13.8 Å². The van der Waals surface area contributed by atoms with Crippen LogP contribution < -0.4 is 5.32 Å². The molecule has 0 bridgehead atoms. The third kappa shape index (κ3) is 3.73. The molecule has 0 saturated carbocycles. The van der Waals surface area contributed by atoms with Gasteiger partial charge in [-0.1, -0.05) is 23.7 Å². The molecule has 6 heteroatoms. The molecule has 2 amide bonds. The molecule has 0 aliphatic heterocycles. The molecule has 5 nitrogen and oxygen atoms in total. The zero-order valence-electron chi connectivity index (χ0n) is 14.8. The Morgan fingerprint density at radius 3 is 2.69 bits per heavy atom. The first-order chi connectivity index (χ1) is 12.3. The van der Waals surface area contributed by atoms with Gasteiger partial charge in [-0.15, -0.1) is 0 Å². The summed E-state index contributed by atoms with van der Waals surface area (Å²) in [5.74, 6) is -0.466. The fourth-order valence-corrected chi connectivity index (χ4v) is 2.85. The van der Waals surface area contributed by atoms with Crippen LogP contribution in [-0.4, -0.2) is 30.3 Å². The molecule has 1 N–H and O–H groups in total. The molecular weight excluding hydrogens is 352 g/mol. The van der Waals surface area contributed by atoms with Crippen LogP contribution in [0.5, 0.6) is 0 Å². The van der Waals surface area contributed by atoms with Crippen molar-refractivity contribution in [3.63, 3.8) is 0 Å². The second-order valence-corrected chi connectivity index (χ2v) is 6.69. The summed E-state index contributed by atoms with van der Waals surface area (Å²) in [7, 11) is 1.56. The third-order valence-corrected chi connectivity index (χ3v) is 4.53. The van der Waals surface area contributed by atoms with E-state index in [2.05, 4.69) is 5.32 Å². The Labute approximate surface area is 156 Å². The minimum atomic E-state index is -0.367. The highest BCUT2D eigenvalue weighted by atomic mass is 35.5. The number of likely N-dealkylation sites (N-methyl/N-ethyl adjacent to an activating group) is 1. The van der Waals surface area contributed by atoms with E-state index in [1.54, 1.807) is 31.3 Å². The summed E-state index contributed by atoms with van der Waals surface area (Å²) in [6, 6.07) is 12.5. The largest absolute Gasteiger partial charge is 0.451 e. The lowest BCUT2D eigenvalue weighted by Gasteiger charge is -2.16. The molecule has 0 atom stereocenters. The lowest BCUT2D eigenvalue weighted by atomic mass is 10.1. The zero-order valence-corrected chi connectivity index (χ0v) is 15.6. The van der Waals surface area contributed by atoms with E-state index in [0.717, 1.165) is 22.2 Å². The van der Waals surface area contributed by atoms with Crippen LogP contribution in [0.1, 0.15) is 21.7 Å². The number of hydrogen-bond donors (Lipinski definition) is 1. The Morgan fingerprint density at radius 2 is 1.92 bits per heavy atom. The van der Waals surface area contributed by atoms with Gasteiger partial charge < -0.3 is 14.6 Å². The number of amides is 2. The van der Waals surface area contributed by atoms with Crippen molar-refractivity contribution in [2.24, 2.45) is 0 Å². The molecule has 3 rings (SSSR count). The van der Waals surface area contributed by atoms with Gasteiger partial charge in [0.2, 0.25) is 5.91 Å². The van der Waals surface area contributed by atoms with Crippen LogP contribution in [0.15, 0.2) is 46.9 Å². The molecule has 0 unspecified atom stereocenters. The number of anilines is 1. The van der Waals surface area contributed by atoms with Crippen LogP contribution in [-0.2, 0) is 4.79 Å². The van der Waals surface area contributed by atoms with Crippen molar-refractivity contribution in [2.75, 3.05) is 18.9 Å². The molecule has 1 heterocycles. The van der Waals surface area contributed by atoms with Crippen LogP contribution in [0, 0.1) is 13.8 Å². The molecular formula is C20H19ClN2O3. The first-order valence-corrected chi connectivity index (χ1v) is 8.53. The average Bonchev–Trinajstić information content (AvgIpc) is 3.01. The van der Waals surface area contributed by atoms with Gasteiger partial charge in [-0.3, -0.25) is 9.59 Å². The molecule has 3 aromatic rings. The number of hydrogen-bond acceptors (Lipinski definition) is 3. The Kier molecular flexibility index (Phi) is 5.00. The van der Waals surface area contributed by atoms with Crippen molar-refractivity contribution in [1.82, 2.24) is 4.90 Å². The Bertz CT molecular complexity index is 994. The Hall–Kier alpha value is -2.79. The summed E-state index contributed by atoms with van der Waals surface area (Å²) < 4.78 is 5.56. The second-order valence-electron chi connectivity index (χ2n) is 6.25. The number of benzene rings is 2. The normalized spacial score (nSPS) is 10.8. The van der Waals surface area contributed by atoms with Crippen molar-refractivity contribution >= 4 is 40.1 Å². The SMILES string of the molecule is Cc1cccc(NC(=O)CN(C)C(=O)c2cc3cc(Cl)ccc3o2)c1C. The number of furan rings is 1. The summed E-state index contributed by atoms with van der Waals surface area (Å²) >= 11 is 5.95. The molecule has 2 aromatic carbocycles. The second kappa shape index (κ2) is 7.22. The summed E-state index contributed by atoms with van der Waals surface area (Å²) in [4.78, 5) is 26.1. The lowest BCUT2D eigenvalue weighted by Crippen LogP contribution is -2.34. The number of aryl methyl sites for hydroxylation is 1. The van der Waals surface area contributed by atoms with E-state index in [1.165, 1.54) is 4.90 Å². The molecule has 0 saturated heterocycles. The van der Waals surface area contributed by atoms with E-state index in [0.29, 0.717) is 10.6 Å². The Balaban J connectivity index is 1.69. The summed E-state index contributed by atoms with van der Waals surface area (Å²) in [5, 5.41) is 4.15. The summed E-state index contributed by atoms with van der Waals surface area (Å²) in [5.41, 5.74) is 3.41. The monoisotopic (exact) mass is 370 g/mol. The molecule has 0 radical (unpaired) electrons. The van der Waals surface area contributed by atoms with Crippen LogP contribution in [0.3, 0.4) is 0 Å². The van der Waals surface area contributed by atoms with E-state index in [9.17, 15) is 9.59 Å². The molecule has 1 aromatic heterocycles. The topological polar surface area (TPSA) is 62.6 Å². The molecule has 0 aliphatic carbocycles. The fraction of sp³-hybridized carbons (Fsp3) is 0.200. The van der Waals surface area contributed by atoms with Crippen LogP contribution in [0.4, 0.5) is 5.69 Å². The smallest absolute Gasteiger partial charge is 0.289 e.